The number of anilines is 1. The Labute approximate surface area is 106 Å². The number of benzene rings is 1. The van der Waals surface area contributed by atoms with Crippen molar-refractivity contribution < 1.29 is 14.6 Å². The van der Waals surface area contributed by atoms with Gasteiger partial charge in [-0.15, -0.1) is 0 Å². The van der Waals surface area contributed by atoms with Crippen LogP contribution in [0.25, 0.3) is 0 Å². The lowest BCUT2D eigenvalue weighted by atomic mass is 10.1. The number of aliphatic hydroxyl groups excluding tert-OH is 1. The van der Waals surface area contributed by atoms with Gasteiger partial charge in [-0.25, -0.2) is 0 Å². The normalized spacial score (nSPS) is 19.0. The first-order valence-corrected chi connectivity index (χ1v) is 6.03. The van der Waals surface area contributed by atoms with E-state index in [-0.39, 0.29) is 18.6 Å². The number of likely N-dealkylation sites (tertiary alicyclic amines) is 1. The summed E-state index contributed by atoms with van der Waals surface area (Å²) in [5.74, 6) is 0.279. The summed E-state index contributed by atoms with van der Waals surface area (Å²) in [5, 5.41) is 9.26. The van der Waals surface area contributed by atoms with E-state index in [2.05, 4.69) is 0 Å². The largest absolute Gasteiger partial charge is 0.494 e. The Morgan fingerprint density at radius 1 is 1.61 bits per heavy atom. The second-order valence-corrected chi connectivity index (χ2v) is 4.41. The molecule has 0 aliphatic carbocycles. The number of carbonyl (C=O) groups excluding carboxylic acids is 1. The molecule has 1 fully saturated rings. The van der Waals surface area contributed by atoms with Crippen LogP contribution < -0.4 is 10.5 Å². The van der Waals surface area contributed by atoms with E-state index in [0.717, 1.165) is 12.8 Å². The zero-order chi connectivity index (χ0) is 13.1. The molecule has 1 aliphatic rings. The summed E-state index contributed by atoms with van der Waals surface area (Å²) < 4.78 is 5.19. The minimum absolute atomic E-state index is 0.00360. The van der Waals surface area contributed by atoms with Crippen molar-refractivity contribution in [1.29, 1.82) is 0 Å². The maximum atomic E-state index is 12.4. The summed E-state index contributed by atoms with van der Waals surface area (Å²) in [4.78, 5) is 14.1. The number of nitrogen functional groups attached to an aromatic ring is 1. The second kappa shape index (κ2) is 5.27. The summed E-state index contributed by atoms with van der Waals surface area (Å²) in [6.07, 6.45) is 1.76. The van der Waals surface area contributed by atoms with Crippen molar-refractivity contribution >= 4 is 11.6 Å². The lowest BCUT2D eigenvalue weighted by molar-refractivity contribution is 0.0674. The number of ether oxygens (including phenoxy) is 1. The Morgan fingerprint density at radius 2 is 2.39 bits per heavy atom. The number of nitrogens with zero attached hydrogens (tertiary/aromatic N) is 1. The van der Waals surface area contributed by atoms with E-state index < -0.39 is 0 Å². The lowest BCUT2D eigenvalue weighted by Crippen LogP contribution is -2.37. The molecule has 5 nitrogen and oxygen atoms in total. The summed E-state index contributed by atoms with van der Waals surface area (Å²) in [6, 6.07) is 5.03. The van der Waals surface area contributed by atoms with Crippen LogP contribution in [-0.2, 0) is 0 Å². The summed E-state index contributed by atoms with van der Waals surface area (Å²) in [5.41, 5.74) is 6.69. The van der Waals surface area contributed by atoms with Gasteiger partial charge in [0.2, 0.25) is 0 Å². The molecular formula is C13H18N2O3. The second-order valence-electron chi connectivity index (χ2n) is 4.41. The number of para-hydroxylation sites is 1. The van der Waals surface area contributed by atoms with Gasteiger partial charge in [-0.2, -0.15) is 0 Å². The van der Waals surface area contributed by atoms with Gasteiger partial charge in [0, 0.05) is 6.54 Å². The van der Waals surface area contributed by atoms with Crippen LogP contribution in [0.2, 0.25) is 0 Å². The fourth-order valence-electron chi connectivity index (χ4n) is 2.40. The maximum Gasteiger partial charge on any atom is 0.258 e. The van der Waals surface area contributed by atoms with Crippen LogP contribution in [0.5, 0.6) is 5.75 Å². The molecule has 2 rings (SSSR count). The lowest BCUT2D eigenvalue weighted by Gasteiger charge is -2.24. The molecular weight excluding hydrogens is 232 g/mol. The van der Waals surface area contributed by atoms with Gasteiger partial charge in [-0.05, 0) is 25.0 Å². The van der Waals surface area contributed by atoms with E-state index in [1.54, 1.807) is 23.1 Å². The third-order valence-electron chi connectivity index (χ3n) is 3.33. The minimum Gasteiger partial charge on any atom is -0.494 e. The first-order valence-electron chi connectivity index (χ1n) is 6.03. The Morgan fingerprint density at radius 3 is 3.06 bits per heavy atom. The van der Waals surface area contributed by atoms with Crippen molar-refractivity contribution in [2.45, 2.75) is 18.9 Å². The van der Waals surface area contributed by atoms with Crippen molar-refractivity contribution in [3.8, 4) is 5.75 Å². The Balaban J connectivity index is 2.31. The standard InChI is InChI=1S/C13H18N2O3/c1-18-12-10(5-2-6-11(12)14)13(17)15-7-3-4-9(15)8-16/h2,5-6,9,16H,3-4,7-8,14H2,1H3/t9-/m1/s1. The molecule has 1 aromatic rings. The number of aliphatic hydroxyl groups is 1. The van der Waals surface area contributed by atoms with Gasteiger partial charge in [-0.1, -0.05) is 6.07 Å². The molecule has 1 aromatic carbocycles. The smallest absolute Gasteiger partial charge is 0.258 e. The van der Waals surface area contributed by atoms with Gasteiger partial charge in [0.05, 0.1) is 31.0 Å². The highest BCUT2D eigenvalue weighted by molar-refractivity contribution is 5.99. The van der Waals surface area contributed by atoms with E-state index in [0.29, 0.717) is 23.5 Å². The predicted molar refractivity (Wildman–Crippen MR) is 68.6 cm³/mol. The van der Waals surface area contributed by atoms with Crippen molar-refractivity contribution in [2.24, 2.45) is 0 Å². The molecule has 0 bridgehead atoms. The molecule has 0 aromatic heterocycles. The first kappa shape index (κ1) is 12.7. The highest BCUT2D eigenvalue weighted by Gasteiger charge is 2.30. The van der Waals surface area contributed by atoms with Gasteiger partial charge in [0.15, 0.2) is 5.75 Å². The molecule has 1 amide bonds. The van der Waals surface area contributed by atoms with Gasteiger partial charge in [-0.3, -0.25) is 4.79 Å². The molecule has 1 saturated heterocycles. The van der Waals surface area contributed by atoms with Crippen LogP contribution in [-0.4, -0.2) is 42.2 Å². The van der Waals surface area contributed by atoms with E-state index in [9.17, 15) is 9.90 Å². The highest BCUT2D eigenvalue weighted by Crippen LogP contribution is 2.29. The fraction of sp³-hybridized carbons (Fsp3) is 0.462. The van der Waals surface area contributed by atoms with Gasteiger partial charge >= 0.3 is 0 Å². The third kappa shape index (κ3) is 2.13. The Bertz CT molecular complexity index is 448. The average molecular weight is 250 g/mol. The molecule has 18 heavy (non-hydrogen) atoms. The zero-order valence-corrected chi connectivity index (χ0v) is 10.4. The summed E-state index contributed by atoms with van der Waals surface area (Å²) in [6.45, 7) is 0.665. The molecule has 1 aliphatic heterocycles. The molecule has 3 N–H and O–H groups in total. The molecule has 0 radical (unpaired) electrons. The van der Waals surface area contributed by atoms with E-state index >= 15 is 0 Å². The van der Waals surface area contributed by atoms with E-state index in [1.165, 1.54) is 7.11 Å². The molecule has 0 saturated carbocycles. The Kier molecular flexibility index (Phi) is 3.72. The molecule has 1 atom stereocenters. The van der Waals surface area contributed by atoms with Crippen molar-refractivity contribution in [2.75, 3.05) is 26.0 Å². The highest BCUT2D eigenvalue weighted by atomic mass is 16.5. The molecule has 1 heterocycles. The fourth-order valence-corrected chi connectivity index (χ4v) is 2.40. The molecule has 98 valence electrons. The number of rotatable bonds is 3. The number of carbonyl (C=O) groups is 1. The minimum atomic E-state index is -0.129. The van der Waals surface area contributed by atoms with Crippen LogP contribution in [0, 0.1) is 0 Å². The van der Waals surface area contributed by atoms with Crippen molar-refractivity contribution in [1.82, 2.24) is 4.90 Å². The van der Waals surface area contributed by atoms with Crippen molar-refractivity contribution in [3.05, 3.63) is 23.8 Å². The Hall–Kier alpha value is -1.75. The number of hydrogen-bond donors (Lipinski definition) is 2. The van der Waals surface area contributed by atoms with E-state index in [4.69, 9.17) is 10.5 Å². The van der Waals surface area contributed by atoms with Crippen LogP contribution in [0.1, 0.15) is 23.2 Å². The quantitative estimate of drug-likeness (QED) is 0.781. The molecule has 5 heteroatoms. The third-order valence-corrected chi connectivity index (χ3v) is 3.33. The van der Waals surface area contributed by atoms with E-state index in [1.807, 2.05) is 0 Å². The number of methoxy groups -OCH3 is 1. The van der Waals surface area contributed by atoms with Crippen LogP contribution >= 0.6 is 0 Å². The monoisotopic (exact) mass is 250 g/mol. The zero-order valence-electron chi connectivity index (χ0n) is 10.4. The SMILES string of the molecule is COc1c(N)cccc1C(=O)N1CCC[C@@H]1CO. The number of hydrogen-bond acceptors (Lipinski definition) is 4. The van der Waals surface area contributed by atoms with Gasteiger partial charge in [0.1, 0.15) is 0 Å². The number of amides is 1. The van der Waals surface area contributed by atoms with Crippen molar-refractivity contribution in [3.63, 3.8) is 0 Å². The first-order chi connectivity index (χ1) is 8.69. The average Bonchev–Trinajstić information content (AvgIpc) is 2.85. The molecule has 0 unspecified atom stereocenters. The maximum absolute atomic E-state index is 12.4. The summed E-state index contributed by atoms with van der Waals surface area (Å²) in [7, 11) is 1.50. The van der Waals surface area contributed by atoms with Crippen LogP contribution in [0.3, 0.4) is 0 Å². The number of nitrogens with two attached hydrogens (primary N) is 1. The van der Waals surface area contributed by atoms with Gasteiger partial charge < -0.3 is 20.5 Å². The predicted octanol–water partition coefficient (Wildman–Crippen LogP) is 0.874. The molecule has 0 spiro atoms. The van der Waals surface area contributed by atoms with Crippen LogP contribution in [0.15, 0.2) is 18.2 Å². The summed E-state index contributed by atoms with van der Waals surface area (Å²) >= 11 is 0. The topological polar surface area (TPSA) is 75.8 Å². The van der Waals surface area contributed by atoms with Gasteiger partial charge in [0.25, 0.3) is 5.91 Å². The van der Waals surface area contributed by atoms with Crippen LogP contribution in [0.4, 0.5) is 5.69 Å².